The summed E-state index contributed by atoms with van der Waals surface area (Å²) in [6.45, 7) is 0.836. The number of amides is 1. The number of nitrogens with one attached hydrogen (secondary N) is 1. The van der Waals surface area contributed by atoms with Crippen LogP contribution in [0.3, 0.4) is 0 Å². The first-order valence-corrected chi connectivity index (χ1v) is 8.29. The van der Waals surface area contributed by atoms with Gasteiger partial charge in [-0.25, -0.2) is 4.79 Å². The van der Waals surface area contributed by atoms with Crippen molar-refractivity contribution in [3.63, 3.8) is 0 Å². The van der Waals surface area contributed by atoms with Crippen molar-refractivity contribution in [2.75, 3.05) is 13.2 Å². The predicted molar refractivity (Wildman–Crippen MR) is 93.6 cm³/mol. The van der Waals surface area contributed by atoms with Gasteiger partial charge in [-0.3, -0.25) is 0 Å². The zero-order valence-electron chi connectivity index (χ0n) is 13.4. The number of fused-ring (bicyclic) bond motifs is 3. The fourth-order valence-electron chi connectivity index (χ4n) is 3.41. The van der Waals surface area contributed by atoms with Gasteiger partial charge in [0.15, 0.2) is 0 Å². The van der Waals surface area contributed by atoms with Crippen molar-refractivity contribution in [3.8, 4) is 23.5 Å². The summed E-state index contributed by atoms with van der Waals surface area (Å²) in [5.74, 6) is 2.85. The number of ether oxygens (including phenoxy) is 1. The number of benzene rings is 2. The highest BCUT2D eigenvalue weighted by atomic mass is 16.5. The van der Waals surface area contributed by atoms with Gasteiger partial charge in [-0.05, 0) is 35.1 Å². The monoisotopic (exact) mass is 317 g/mol. The van der Waals surface area contributed by atoms with E-state index in [2.05, 4.69) is 35.5 Å². The van der Waals surface area contributed by atoms with Crippen molar-refractivity contribution in [3.05, 3.63) is 59.7 Å². The van der Waals surface area contributed by atoms with Gasteiger partial charge in [0.1, 0.15) is 6.61 Å². The Balaban J connectivity index is 1.45. The number of terminal acetylenes is 1. The summed E-state index contributed by atoms with van der Waals surface area (Å²) < 4.78 is 5.49. The average Bonchev–Trinajstić information content (AvgIpc) is 3.35. The van der Waals surface area contributed by atoms with Gasteiger partial charge in [0.2, 0.25) is 0 Å². The Hall–Kier alpha value is -2.73. The second kappa shape index (κ2) is 5.72. The van der Waals surface area contributed by atoms with Gasteiger partial charge >= 0.3 is 6.09 Å². The molecule has 1 saturated carbocycles. The van der Waals surface area contributed by atoms with Gasteiger partial charge in [-0.1, -0.05) is 54.5 Å². The maximum atomic E-state index is 12.0. The summed E-state index contributed by atoms with van der Waals surface area (Å²) in [5, 5.41) is 2.80. The molecular formula is C21H19NO2. The van der Waals surface area contributed by atoms with Crippen LogP contribution in [-0.2, 0) is 4.74 Å². The summed E-state index contributed by atoms with van der Waals surface area (Å²) in [7, 11) is 0. The van der Waals surface area contributed by atoms with E-state index in [9.17, 15) is 4.79 Å². The lowest BCUT2D eigenvalue weighted by atomic mass is 9.98. The third-order valence-corrected chi connectivity index (χ3v) is 5.07. The van der Waals surface area contributed by atoms with Crippen LogP contribution in [0, 0.1) is 17.8 Å². The lowest BCUT2D eigenvalue weighted by molar-refractivity contribution is 0.142. The number of rotatable bonds is 4. The third-order valence-electron chi connectivity index (χ3n) is 5.07. The molecule has 2 aromatic carbocycles. The van der Waals surface area contributed by atoms with Gasteiger partial charge in [0.05, 0.1) is 0 Å². The molecule has 2 aliphatic rings. The summed E-state index contributed by atoms with van der Waals surface area (Å²) >= 11 is 0. The van der Waals surface area contributed by atoms with Crippen LogP contribution in [0.2, 0.25) is 0 Å². The Bertz CT molecular complexity index is 784. The molecule has 0 atom stereocenters. The molecule has 0 aliphatic heterocycles. The normalized spacial score (nSPS) is 16.6. The Labute approximate surface area is 142 Å². The summed E-state index contributed by atoms with van der Waals surface area (Å²) in [6, 6.07) is 16.6. The summed E-state index contributed by atoms with van der Waals surface area (Å²) in [4.78, 5) is 12.0. The first-order chi connectivity index (χ1) is 11.7. The zero-order chi connectivity index (χ0) is 16.6. The number of alkyl carbamates (subject to hydrolysis) is 1. The van der Waals surface area contributed by atoms with Crippen LogP contribution >= 0.6 is 0 Å². The second-order valence-corrected chi connectivity index (χ2v) is 6.60. The van der Waals surface area contributed by atoms with Crippen LogP contribution in [0.25, 0.3) is 11.1 Å². The maximum absolute atomic E-state index is 12.0. The summed E-state index contributed by atoms with van der Waals surface area (Å²) in [6.07, 6.45) is 7.06. The van der Waals surface area contributed by atoms with Crippen LogP contribution in [0.5, 0.6) is 0 Å². The molecule has 2 aromatic rings. The largest absolute Gasteiger partial charge is 0.449 e. The third kappa shape index (κ3) is 2.55. The highest BCUT2D eigenvalue weighted by Crippen LogP contribution is 2.45. The van der Waals surface area contributed by atoms with Crippen molar-refractivity contribution in [1.82, 2.24) is 5.32 Å². The fraction of sp³-hybridized carbons (Fsp3) is 0.286. The minimum Gasteiger partial charge on any atom is -0.449 e. The molecule has 0 radical (unpaired) electrons. The lowest BCUT2D eigenvalue weighted by Crippen LogP contribution is -2.31. The number of carbonyl (C=O) groups is 1. The van der Waals surface area contributed by atoms with Gasteiger partial charge in [0, 0.05) is 17.9 Å². The van der Waals surface area contributed by atoms with E-state index < -0.39 is 6.09 Å². The number of hydrogen-bond acceptors (Lipinski definition) is 2. The Morgan fingerprint density at radius 1 is 1.12 bits per heavy atom. The highest BCUT2D eigenvalue weighted by Gasteiger charge is 2.41. The average molecular weight is 317 g/mol. The van der Waals surface area contributed by atoms with Crippen molar-refractivity contribution in [1.29, 1.82) is 0 Å². The van der Waals surface area contributed by atoms with Crippen LogP contribution in [0.15, 0.2) is 48.5 Å². The Morgan fingerprint density at radius 3 is 2.25 bits per heavy atom. The van der Waals surface area contributed by atoms with Gasteiger partial charge in [-0.2, -0.15) is 0 Å². The molecule has 0 aromatic heterocycles. The van der Waals surface area contributed by atoms with Crippen LogP contribution < -0.4 is 5.32 Å². The zero-order valence-corrected chi connectivity index (χ0v) is 13.4. The van der Waals surface area contributed by atoms with Crippen molar-refractivity contribution < 1.29 is 9.53 Å². The van der Waals surface area contributed by atoms with Crippen LogP contribution in [0.4, 0.5) is 4.79 Å². The minimum absolute atomic E-state index is 0.0886. The SMILES string of the molecule is C#CC1(CNC(=O)OCC2c3ccccc3-c3ccccc32)CC1. The highest BCUT2D eigenvalue weighted by molar-refractivity contribution is 5.79. The van der Waals surface area contributed by atoms with Crippen LogP contribution in [0.1, 0.15) is 29.9 Å². The molecule has 2 aliphatic carbocycles. The first-order valence-electron chi connectivity index (χ1n) is 8.29. The molecule has 3 nitrogen and oxygen atoms in total. The van der Waals surface area contributed by atoms with Crippen molar-refractivity contribution >= 4 is 6.09 Å². The quantitative estimate of drug-likeness (QED) is 0.868. The van der Waals surface area contributed by atoms with E-state index in [-0.39, 0.29) is 11.3 Å². The maximum Gasteiger partial charge on any atom is 0.407 e. The Kier molecular flexibility index (Phi) is 3.54. The molecule has 0 heterocycles. The molecule has 3 heteroatoms. The van der Waals surface area contributed by atoms with Gasteiger partial charge in [-0.15, -0.1) is 6.42 Å². The standard InChI is InChI=1S/C21H19NO2/c1-2-21(11-12-21)14-22-20(23)24-13-19-17-9-5-3-7-15(17)16-8-4-6-10-18(16)19/h1,3-10,19H,11-14H2,(H,22,23). The Morgan fingerprint density at radius 2 is 1.71 bits per heavy atom. The fourth-order valence-corrected chi connectivity index (χ4v) is 3.41. The van der Waals surface area contributed by atoms with E-state index in [4.69, 9.17) is 11.2 Å². The molecule has 4 rings (SSSR count). The molecule has 0 unspecified atom stereocenters. The molecular weight excluding hydrogens is 298 g/mol. The van der Waals surface area contributed by atoms with E-state index in [1.54, 1.807) is 0 Å². The molecule has 0 bridgehead atoms. The molecule has 0 saturated heterocycles. The lowest BCUT2D eigenvalue weighted by Gasteiger charge is -2.15. The molecule has 1 amide bonds. The van der Waals surface area contributed by atoms with Gasteiger partial charge < -0.3 is 10.1 Å². The first kappa shape index (κ1) is 14.8. The van der Waals surface area contributed by atoms with E-state index in [1.165, 1.54) is 22.3 Å². The van der Waals surface area contributed by atoms with Crippen LogP contribution in [-0.4, -0.2) is 19.2 Å². The smallest absolute Gasteiger partial charge is 0.407 e. The van der Waals surface area contributed by atoms with Crippen molar-refractivity contribution in [2.45, 2.75) is 18.8 Å². The number of hydrogen-bond donors (Lipinski definition) is 1. The number of carbonyl (C=O) groups excluding carboxylic acids is 1. The van der Waals surface area contributed by atoms with E-state index >= 15 is 0 Å². The van der Waals surface area contributed by atoms with E-state index in [0.717, 1.165) is 12.8 Å². The van der Waals surface area contributed by atoms with Crippen molar-refractivity contribution in [2.24, 2.45) is 5.41 Å². The summed E-state index contributed by atoms with van der Waals surface area (Å²) in [5.41, 5.74) is 4.76. The second-order valence-electron chi connectivity index (χ2n) is 6.60. The predicted octanol–water partition coefficient (Wildman–Crippen LogP) is 3.94. The molecule has 0 spiro atoms. The van der Waals surface area contributed by atoms with E-state index in [0.29, 0.717) is 13.2 Å². The molecule has 1 N–H and O–H groups in total. The minimum atomic E-state index is -0.390. The van der Waals surface area contributed by atoms with Gasteiger partial charge in [0.25, 0.3) is 0 Å². The topological polar surface area (TPSA) is 38.3 Å². The molecule has 1 fully saturated rings. The van der Waals surface area contributed by atoms with E-state index in [1.807, 2.05) is 24.3 Å². The molecule has 24 heavy (non-hydrogen) atoms. The molecule has 120 valence electrons.